The third-order valence-corrected chi connectivity index (χ3v) is 8.13. The van der Waals surface area contributed by atoms with Gasteiger partial charge < -0.3 is 29.6 Å². The largest absolute Gasteiger partial charge is 0.489 e. The SMILES string of the molecule is CNC(=O)OCCOc1c2ccccc2c(-c2c3ccccc3c(OCCOC(=O)NC)c3ccc(Cl)cc23)c2cc(Cl)ccc12. The monoisotopic (exact) mass is 656 g/mol. The molecule has 0 spiro atoms. The van der Waals surface area contributed by atoms with Gasteiger partial charge in [-0.1, -0.05) is 71.7 Å². The molecule has 0 heterocycles. The Bertz CT molecular complexity index is 1970. The molecule has 10 heteroatoms. The highest BCUT2D eigenvalue weighted by atomic mass is 35.5. The van der Waals surface area contributed by atoms with Crippen molar-refractivity contribution in [1.82, 2.24) is 10.6 Å². The highest BCUT2D eigenvalue weighted by molar-refractivity contribution is 6.34. The van der Waals surface area contributed by atoms with Crippen molar-refractivity contribution in [1.29, 1.82) is 0 Å². The first kappa shape index (κ1) is 31.1. The molecule has 0 fully saturated rings. The lowest BCUT2D eigenvalue weighted by molar-refractivity contribution is 0.127. The van der Waals surface area contributed by atoms with E-state index in [1.165, 1.54) is 14.1 Å². The molecular weight excluding hydrogens is 627 g/mol. The van der Waals surface area contributed by atoms with Gasteiger partial charge in [-0.25, -0.2) is 9.59 Å². The molecule has 0 saturated heterocycles. The lowest BCUT2D eigenvalue weighted by Gasteiger charge is -2.22. The van der Waals surface area contributed by atoms with Crippen molar-refractivity contribution >= 4 is 78.5 Å². The van der Waals surface area contributed by atoms with Crippen LogP contribution in [0.2, 0.25) is 10.0 Å². The fourth-order valence-electron chi connectivity index (χ4n) is 5.77. The standard InChI is InChI=1S/C36H30Cl2N2O6/c1-39-35(41)45-17-15-43-33-25-9-5-3-7-23(25)31(29-19-21(37)11-13-27(29)33)32-24-8-4-6-10-26(24)34(44-16-18-46-36(42)40-2)28-14-12-22(38)20-30(28)32/h3-14,19-20H,15-18H2,1-2H3,(H,39,41)(H,40,42). The molecule has 0 bridgehead atoms. The molecule has 2 amide bonds. The van der Waals surface area contributed by atoms with E-state index in [1.807, 2.05) is 72.8 Å². The van der Waals surface area contributed by atoms with Gasteiger partial charge in [-0.15, -0.1) is 0 Å². The van der Waals surface area contributed by atoms with Crippen molar-refractivity contribution < 1.29 is 28.5 Å². The summed E-state index contributed by atoms with van der Waals surface area (Å²) in [6.07, 6.45) is -1.05. The van der Waals surface area contributed by atoms with Gasteiger partial charge in [-0.3, -0.25) is 0 Å². The topological polar surface area (TPSA) is 95.1 Å². The third-order valence-electron chi connectivity index (χ3n) is 7.66. The number of amides is 2. The average molecular weight is 658 g/mol. The second-order valence-electron chi connectivity index (χ2n) is 10.3. The summed E-state index contributed by atoms with van der Waals surface area (Å²) in [6, 6.07) is 27.5. The molecule has 0 atom stereocenters. The number of rotatable bonds is 9. The zero-order chi connectivity index (χ0) is 32.2. The third kappa shape index (κ3) is 6.01. The molecule has 0 radical (unpaired) electrons. The summed E-state index contributed by atoms with van der Waals surface area (Å²) in [5.74, 6) is 1.32. The van der Waals surface area contributed by atoms with E-state index in [4.69, 9.17) is 42.1 Å². The molecule has 0 saturated carbocycles. The number of nitrogens with one attached hydrogen (secondary N) is 2. The molecule has 0 aliphatic heterocycles. The minimum atomic E-state index is -0.524. The van der Waals surface area contributed by atoms with Crippen LogP contribution in [0, 0.1) is 0 Å². The number of hydrogen-bond acceptors (Lipinski definition) is 6. The number of carbonyl (C=O) groups is 2. The first-order chi connectivity index (χ1) is 22.4. The first-order valence-corrected chi connectivity index (χ1v) is 15.4. The summed E-state index contributed by atoms with van der Waals surface area (Å²) in [6.45, 7) is 0.472. The molecule has 2 N–H and O–H groups in total. The molecule has 234 valence electrons. The Balaban J connectivity index is 1.61. The van der Waals surface area contributed by atoms with Crippen molar-refractivity contribution in [2.24, 2.45) is 0 Å². The van der Waals surface area contributed by atoms with E-state index in [1.54, 1.807) is 0 Å². The fraction of sp³-hybridized carbons (Fsp3) is 0.167. The smallest absolute Gasteiger partial charge is 0.406 e. The summed E-state index contributed by atoms with van der Waals surface area (Å²) in [5.41, 5.74) is 1.92. The van der Waals surface area contributed by atoms with E-state index in [9.17, 15) is 9.59 Å². The van der Waals surface area contributed by atoms with Crippen molar-refractivity contribution in [3.63, 3.8) is 0 Å². The molecule has 6 aromatic rings. The van der Waals surface area contributed by atoms with Crippen LogP contribution in [0.1, 0.15) is 0 Å². The van der Waals surface area contributed by atoms with Gasteiger partial charge in [0.1, 0.15) is 37.9 Å². The average Bonchev–Trinajstić information content (AvgIpc) is 3.07. The van der Waals surface area contributed by atoms with Gasteiger partial charge >= 0.3 is 12.2 Å². The van der Waals surface area contributed by atoms with Crippen molar-refractivity contribution in [2.75, 3.05) is 40.5 Å². The van der Waals surface area contributed by atoms with Gasteiger partial charge in [0.15, 0.2) is 0 Å². The quantitative estimate of drug-likeness (QED) is 0.119. The Labute approximate surface area is 275 Å². The Kier molecular flexibility index (Phi) is 9.19. The minimum absolute atomic E-state index is 0.0776. The van der Waals surface area contributed by atoms with Crippen LogP contribution in [0.4, 0.5) is 9.59 Å². The molecule has 8 nitrogen and oxygen atoms in total. The maximum absolute atomic E-state index is 11.6. The van der Waals surface area contributed by atoms with E-state index < -0.39 is 12.2 Å². The Hall–Kier alpha value is -4.92. The number of ether oxygens (including phenoxy) is 4. The second-order valence-corrected chi connectivity index (χ2v) is 11.2. The molecule has 0 aliphatic carbocycles. The predicted molar refractivity (Wildman–Crippen MR) is 184 cm³/mol. The maximum atomic E-state index is 11.6. The molecule has 0 aromatic heterocycles. The van der Waals surface area contributed by atoms with Crippen LogP contribution in [0.3, 0.4) is 0 Å². The lowest BCUT2D eigenvalue weighted by atomic mass is 9.85. The van der Waals surface area contributed by atoms with Crippen LogP contribution in [0.25, 0.3) is 54.2 Å². The molecule has 0 aliphatic rings. The summed E-state index contributed by atoms with van der Waals surface area (Å²) in [4.78, 5) is 23.2. The minimum Gasteiger partial charge on any atom is -0.489 e. The number of alkyl carbamates (subject to hydrolysis) is 2. The Morgan fingerprint density at radius 3 is 1.28 bits per heavy atom. The fourth-order valence-corrected chi connectivity index (χ4v) is 6.12. The number of benzene rings is 6. The van der Waals surface area contributed by atoms with Crippen LogP contribution in [0.15, 0.2) is 84.9 Å². The molecule has 0 unspecified atom stereocenters. The lowest BCUT2D eigenvalue weighted by Crippen LogP contribution is -2.21. The van der Waals surface area contributed by atoms with E-state index in [0.29, 0.717) is 21.5 Å². The van der Waals surface area contributed by atoms with Gasteiger partial charge in [-0.05, 0) is 69.1 Å². The maximum Gasteiger partial charge on any atom is 0.406 e. The van der Waals surface area contributed by atoms with Crippen molar-refractivity contribution in [3.8, 4) is 22.6 Å². The molecule has 6 aromatic carbocycles. The van der Waals surface area contributed by atoms with Gasteiger partial charge in [0.2, 0.25) is 0 Å². The number of carbonyl (C=O) groups excluding carboxylic acids is 2. The summed E-state index contributed by atoms with van der Waals surface area (Å²) in [7, 11) is 3.02. The van der Waals surface area contributed by atoms with Crippen molar-refractivity contribution in [3.05, 3.63) is 95.0 Å². The highest BCUT2D eigenvalue weighted by Crippen LogP contribution is 2.50. The van der Waals surface area contributed by atoms with Gasteiger partial charge in [0.05, 0.1) is 0 Å². The number of fused-ring (bicyclic) bond motifs is 4. The number of halogens is 2. The van der Waals surface area contributed by atoms with Crippen LogP contribution in [-0.4, -0.2) is 52.7 Å². The van der Waals surface area contributed by atoms with E-state index >= 15 is 0 Å². The predicted octanol–water partition coefficient (Wildman–Crippen LogP) is 8.74. The Morgan fingerprint density at radius 2 is 0.891 bits per heavy atom. The molecule has 6 rings (SSSR count). The highest BCUT2D eigenvalue weighted by Gasteiger charge is 2.23. The van der Waals surface area contributed by atoms with Crippen molar-refractivity contribution in [2.45, 2.75) is 0 Å². The zero-order valence-electron chi connectivity index (χ0n) is 25.1. The van der Waals surface area contributed by atoms with Gasteiger partial charge in [-0.2, -0.15) is 0 Å². The van der Waals surface area contributed by atoms with E-state index in [0.717, 1.165) is 54.2 Å². The summed E-state index contributed by atoms with van der Waals surface area (Å²) < 4.78 is 23.0. The number of hydrogen-bond donors (Lipinski definition) is 2. The van der Waals surface area contributed by atoms with E-state index in [-0.39, 0.29) is 26.4 Å². The Morgan fingerprint density at radius 1 is 0.522 bits per heavy atom. The van der Waals surface area contributed by atoms with Crippen LogP contribution < -0.4 is 20.1 Å². The summed E-state index contributed by atoms with van der Waals surface area (Å²) >= 11 is 13.3. The summed E-state index contributed by atoms with van der Waals surface area (Å²) in [5, 5.41) is 13.1. The van der Waals surface area contributed by atoms with Gasteiger partial charge in [0, 0.05) is 45.7 Å². The van der Waals surface area contributed by atoms with Gasteiger partial charge in [0.25, 0.3) is 0 Å². The normalized spacial score (nSPS) is 11.1. The molecule has 46 heavy (non-hydrogen) atoms. The van der Waals surface area contributed by atoms with Crippen LogP contribution in [0.5, 0.6) is 11.5 Å². The van der Waals surface area contributed by atoms with Crippen LogP contribution >= 0.6 is 23.2 Å². The van der Waals surface area contributed by atoms with Crippen LogP contribution in [-0.2, 0) is 9.47 Å². The zero-order valence-corrected chi connectivity index (χ0v) is 26.6. The second kappa shape index (κ2) is 13.6. The van der Waals surface area contributed by atoms with E-state index in [2.05, 4.69) is 22.8 Å². The first-order valence-electron chi connectivity index (χ1n) is 14.6. The molecular formula is C36H30Cl2N2O6.